The van der Waals surface area contributed by atoms with E-state index < -0.39 is 20.0 Å². The number of fused-ring (bicyclic) bond motifs is 12. The summed E-state index contributed by atoms with van der Waals surface area (Å²) in [6, 6.07) is 27.9. The monoisotopic (exact) mass is 594 g/mol. The van der Waals surface area contributed by atoms with Crippen LogP contribution in [0, 0.1) is 0 Å². The van der Waals surface area contributed by atoms with Gasteiger partial charge in [-0.1, -0.05) is 0 Å². The van der Waals surface area contributed by atoms with E-state index in [1.54, 1.807) is 44.5 Å². The Morgan fingerprint density at radius 3 is 1.45 bits per heavy atom. The molecule has 0 aromatic heterocycles. The zero-order chi connectivity index (χ0) is 22.5. The first-order valence-electron chi connectivity index (χ1n) is 12.4. The van der Waals surface area contributed by atoms with Gasteiger partial charge in [0.05, 0.1) is 0 Å². The molecule has 0 saturated carbocycles. The van der Waals surface area contributed by atoms with Gasteiger partial charge in [-0.05, 0) is 0 Å². The maximum absolute atomic E-state index is 2.94. The van der Waals surface area contributed by atoms with Gasteiger partial charge in [-0.25, -0.2) is 0 Å². The van der Waals surface area contributed by atoms with Gasteiger partial charge in [0.25, 0.3) is 0 Å². The molecule has 7 rings (SSSR count). The number of allylic oxidation sites excluding steroid dienone is 4. The van der Waals surface area contributed by atoms with Crippen molar-refractivity contribution < 1.29 is 20.0 Å². The Kier molecular flexibility index (Phi) is 4.21. The van der Waals surface area contributed by atoms with Crippen LogP contribution in [0.5, 0.6) is 0 Å². The molecule has 0 N–H and O–H groups in total. The molecule has 0 fully saturated rings. The number of hydrogen-bond donors (Lipinski definition) is 0. The van der Waals surface area contributed by atoms with Gasteiger partial charge in [-0.2, -0.15) is 0 Å². The minimum absolute atomic E-state index is 0.670. The van der Waals surface area contributed by atoms with E-state index in [0.29, 0.717) is 7.35 Å². The number of benzene rings is 4. The van der Waals surface area contributed by atoms with Gasteiger partial charge in [-0.15, -0.1) is 0 Å². The van der Waals surface area contributed by atoms with Gasteiger partial charge < -0.3 is 0 Å². The van der Waals surface area contributed by atoms with E-state index in [1.165, 1.54) is 21.5 Å². The van der Waals surface area contributed by atoms with Crippen LogP contribution in [0.25, 0.3) is 32.7 Å². The molecule has 2 atom stereocenters. The molecule has 4 aromatic carbocycles. The molecule has 33 heavy (non-hydrogen) atoms. The van der Waals surface area contributed by atoms with Crippen LogP contribution in [0.1, 0.15) is 56.3 Å². The Hall–Kier alpha value is -2.25. The standard InChI is InChI=1S/C30H24.2CH3.Hf/c1-19-17-23-13-11-21-7-3-5-9-27(21)29(23)25(19)15-16-26-20(2)18-24-14-12-22-8-4-6-10-28(22)30(24)26;;;/h3-14,17-18H,15-16H2,1-2H3;2*1H3;. The normalized spacial score (nSPS) is 22.9. The molecule has 0 spiro atoms. The molecule has 4 aromatic rings. The van der Waals surface area contributed by atoms with Crippen molar-refractivity contribution in [2.45, 2.75) is 43.4 Å². The average Bonchev–Trinajstić information content (AvgIpc) is 3.28. The number of hydrogen-bond acceptors (Lipinski definition) is 0. The van der Waals surface area contributed by atoms with Crippen LogP contribution in [0.2, 0.25) is 9.36 Å². The summed E-state index contributed by atoms with van der Waals surface area (Å²) in [4.78, 5) is 0. The molecule has 3 aliphatic rings. The van der Waals surface area contributed by atoms with Crippen LogP contribution < -0.4 is 0 Å². The van der Waals surface area contributed by atoms with Crippen molar-refractivity contribution in [3.63, 3.8) is 0 Å². The second kappa shape index (κ2) is 6.89. The summed E-state index contributed by atoms with van der Waals surface area (Å²) >= 11 is -2.94. The summed E-state index contributed by atoms with van der Waals surface area (Å²) in [5.41, 5.74) is 13.2. The van der Waals surface area contributed by atoms with E-state index in [0.717, 1.165) is 12.8 Å². The average molecular weight is 593 g/mol. The predicted octanol–water partition coefficient (Wildman–Crippen LogP) is 9.39. The third-order valence-corrected chi connectivity index (χ3v) is 25.1. The first kappa shape index (κ1) is 20.2. The fourth-order valence-corrected chi connectivity index (χ4v) is 25.9. The van der Waals surface area contributed by atoms with Crippen molar-refractivity contribution in [3.8, 4) is 0 Å². The molecule has 0 radical (unpaired) electrons. The van der Waals surface area contributed by atoms with Crippen molar-refractivity contribution in [1.82, 2.24) is 0 Å². The van der Waals surface area contributed by atoms with E-state index >= 15 is 0 Å². The van der Waals surface area contributed by atoms with Gasteiger partial charge in [0, 0.05) is 0 Å². The van der Waals surface area contributed by atoms with Crippen LogP contribution >= 0.6 is 0 Å². The molecule has 0 nitrogen and oxygen atoms in total. The van der Waals surface area contributed by atoms with E-state index in [1.807, 2.05) is 0 Å². The van der Waals surface area contributed by atoms with Gasteiger partial charge in [0.15, 0.2) is 0 Å². The SMILES string of the molecule is CC1=C2CCC3=C(C)[CH](c4ccc5ccccc5c43)[Hf]([CH3])([CH3])[CH]1c1ccc3ccccc3c12. The van der Waals surface area contributed by atoms with E-state index in [9.17, 15) is 0 Å². The molecule has 1 heterocycles. The number of rotatable bonds is 0. The van der Waals surface area contributed by atoms with E-state index in [2.05, 4.69) is 96.0 Å². The Bertz CT molecular complexity index is 1450. The fraction of sp³-hybridized carbons (Fsp3) is 0.250. The van der Waals surface area contributed by atoms with Crippen LogP contribution in [0.4, 0.5) is 0 Å². The first-order chi connectivity index (χ1) is 16.0. The fourth-order valence-electron chi connectivity index (χ4n) is 7.92. The van der Waals surface area contributed by atoms with Crippen molar-refractivity contribution in [3.05, 3.63) is 106 Å². The summed E-state index contributed by atoms with van der Waals surface area (Å²) in [6.45, 7) is 4.97. The van der Waals surface area contributed by atoms with Gasteiger partial charge >= 0.3 is 202 Å². The van der Waals surface area contributed by atoms with Crippen molar-refractivity contribution >= 4 is 32.7 Å². The van der Waals surface area contributed by atoms with Crippen molar-refractivity contribution in [1.29, 1.82) is 0 Å². The van der Waals surface area contributed by atoms with Gasteiger partial charge in [-0.3, -0.25) is 0 Å². The van der Waals surface area contributed by atoms with Crippen molar-refractivity contribution in [2.24, 2.45) is 0 Å². The molecule has 1 heteroatoms. The predicted molar refractivity (Wildman–Crippen MR) is 140 cm³/mol. The Balaban J connectivity index is 1.53. The molecular weight excluding hydrogens is 563 g/mol. The summed E-state index contributed by atoms with van der Waals surface area (Å²) in [5, 5.41) is 5.72. The molecule has 2 aliphatic carbocycles. The van der Waals surface area contributed by atoms with E-state index in [4.69, 9.17) is 0 Å². The summed E-state index contributed by atoms with van der Waals surface area (Å²) in [6.07, 6.45) is 2.32. The van der Waals surface area contributed by atoms with Crippen LogP contribution in [-0.2, 0) is 20.0 Å². The summed E-state index contributed by atoms with van der Waals surface area (Å²) in [5.74, 6) is 0. The second-order valence-electron chi connectivity index (χ2n) is 11.0. The minimum atomic E-state index is -2.94. The molecular formula is C32H30Hf. The third kappa shape index (κ3) is 2.55. The van der Waals surface area contributed by atoms with Crippen LogP contribution in [0.3, 0.4) is 0 Å². The Morgan fingerprint density at radius 2 is 1.00 bits per heavy atom. The molecule has 4 bridgehead atoms. The third-order valence-electron chi connectivity index (χ3n) is 9.08. The quantitative estimate of drug-likeness (QED) is 0.178. The molecule has 2 unspecified atom stereocenters. The first-order valence-corrected chi connectivity index (χ1v) is 23.7. The van der Waals surface area contributed by atoms with Crippen LogP contribution in [-0.4, -0.2) is 0 Å². The van der Waals surface area contributed by atoms with E-state index in [-0.39, 0.29) is 0 Å². The summed E-state index contributed by atoms with van der Waals surface area (Å²) in [7, 11) is 0. The maximum atomic E-state index is 2.75. The summed E-state index contributed by atoms with van der Waals surface area (Å²) < 4.78 is 6.85. The van der Waals surface area contributed by atoms with Crippen molar-refractivity contribution in [2.75, 3.05) is 0 Å². The molecule has 162 valence electrons. The molecule has 0 amide bonds. The zero-order valence-electron chi connectivity index (χ0n) is 20.0. The molecule has 0 saturated heterocycles. The van der Waals surface area contributed by atoms with Crippen LogP contribution in [0.15, 0.2) is 83.9 Å². The Morgan fingerprint density at radius 1 is 0.576 bits per heavy atom. The second-order valence-corrected chi connectivity index (χ2v) is 28.2. The Labute approximate surface area is 201 Å². The van der Waals surface area contributed by atoms with Gasteiger partial charge in [0.1, 0.15) is 0 Å². The topological polar surface area (TPSA) is 0 Å². The zero-order valence-corrected chi connectivity index (χ0v) is 23.6. The van der Waals surface area contributed by atoms with Gasteiger partial charge in [0.2, 0.25) is 0 Å². The molecule has 1 aliphatic heterocycles.